The van der Waals surface area contributed by atoms with Crippen molar-refractivity contribution >= 4 is 38.3 Å². The molecule has 0 aliphatic carbocycles. The zero-order valence-electron chi connectivity index (χ0n) is 20.0. The fourth-order valence-corrected chi connectivity index (χ4v) is 4.86. The first-order valence-corrected chi connectivity index (χ1v) is 13.0. The predicted octanol–water partition coefficient (Wildman–Crippen LogP) is 3.47. The number of anilines is 1. The van der Waals surface area contributed by atoms with Crippen LogP contribution in [0.1, 0.15) is 24.5 Å². The molecule has 0 bridgehead atoms. The largest absolute Gasteiger partial charge is 0.357 e. The van der Waals surface area contributed by atoms with Gasteiger partial charge in [-0.15, -0.1) is 0 Å². The number of nitrogens with one attached hydrogen (secondary N) is 1. The van der Waals surface area contributed by atoms with E-state index < -0.39 is 28.5 Å². The third-order valence-corrected chi connectivity index (χ3v) is 6.95. The number of sulfonamides is 1. The van der Waals surface area contributed by atoms with Gasteiger partial charge >= 0.3 is 0 Å². The maximum absolute atomic E-state index is 13.6. The van der Waals surface area contributed by atoms with Crippen LogP contribution in [-0.2, 0) is 26.2 Å². The van der Waals surface area contributed by atoms with Crippen molar-refractivity contribution in [2.24, 2.45) is 0 Å². The molecule has 2 amide bonds. The van der Waals surface area contributed by atoms with E-state index in [9.17, 15) is 18.0 Å². The Kier molecular flexibility index (Phi) is 7.94. The fourth-order valence-electron chi connectivity index (χ4n) is 4.00. The van der Waals surface area contributed by atoms with Crippen LogP contribution in [0, 0.1) is 6.92 Å². The first-order chi connectivity index (χ1) is 16.2. The van der Waals surface area contributed by atoms with Crippen molar-refractivity contribution in [2.45, 2.75) is 32.9 Å². The summed E-state index contributed by atoms with van der Waals surface area (Å²) < 4.78 is 26.8. The van der Waals surface area contributed by atoms with E-state index in [0.29, 0.717) is 12.1 Å². The third-order valence-electron chi connectivity index (χ3n) is 5.82. The van der Waals surface area contributed by atoms with E-state index in [1.54, 1.807) is 12.1 Å². The lowest BCUT2D eigenvalue weighted by Gasteiger charge is -2.32. The van der Waals surface area contributed by atoms with Gasteiger partial charge in [-0.3, -0.25) is 13.9 Å². The third kappa shape index (κ3) is 5.75. The molecule has 0 saturated carbocycles. The number of aryl methyl sites for hydroxylation is 1. The lowest BCUT2D eigenvalue weighted by Crippen LogP contribution is -2.51. The molecule has 7 nitrogen and oxygen atoms in total. The van der Waals surface area contributed by atoms with Crippen LogP contribution < -0.4 is 9.62 Å². The smallest absolute Gasteiger partial charge is 0.244 e. The molecular formula is C26H31N3O4S. The average molecular weight is 482 g/mol. The Morgan fingerprint density at radius 1 is 0.971 bits per heavy atom. The SMILES string of the molecule is CC[C@@H](C(=O)NC)N(Cc1ccc(C)cc1)C(=O)CN(c1cccc2ccccc12)S(C)(=O)=O. The molecule has 34 heavy (non-hydrogen) atoms. The highest BCUT2D eigenvalue weighted by Gasteiger charge is 2.31. The van der Waals surface area contributed by atoms with Crippen LogP contribution in [0.2, 0.25) is 0 Å². The van der Waals surface area contributed by atoms with Crippen LogP contribution in [0.5, 0.6) is 0 Å². The van der Waals surface area contributed by atoms with Gasteiger partial charge in [-0.1, -0.05) is 73.2 Å². The highest BCUT2D eigenvalue weighted by molar-refractivity contribution is 7.92. The summed E-state index contributed by atoms with van der Waals surface area (Å²) in [6, 6.07) is 19.8. The zero-order valence-corrected chi connectivity index (χ0v) is 20.8. The highest BCUT2D eigenvalue weighted by atomic mass is 32.2. The van der Waals surface area contributed by atoms with Crippen molar-refractivity contribution in [3.8, 4) is 0 Å². The fraction of sp³-hybridized carbons (Fsp3) is 0.308. The molecule has 0 fully saturated rings. The van der Waals surface area contributed by atoms with E-state index in [1.165, 1.54) is 11.9 Å². The van der Waals surface area contributed by atoms with Gasteiger partial charge in [0.25, 0.3) is 0 Å². The Labute approximate surface area is 201 Å². The lowest BCUT2D eigenvalue weighted by atomic mass is 10.1. The Morgan fingerprint density at radius 2 is 1.62 bits per heavy atom. The summed E-state index contributed by atoms with van der Waals surface area (Å²) in [6.07, 6.45) is 1.48. The Morgan fingerprint density at radius 3 is 2.24 bits per heavy atom. The van der Waals surface area contributed by atoms with Gasteiger partial charge in [-0.05, 0) is 30.4 Å². The van der Waals surface area contributed by atoms with Crippen LogP contribution in [0.25, 0.3) is 10.8 Å². The summed E-state index contributed by atoms with van der Waals surface area (Å²) in [5, 5.41) is 4.22. The van der Waals surface area contributed by atoms with Gasteiger partial charge in [0.15, 0.2) is 0 Å². The predicted molar refractivity (Wildman–Crippen MR) is 136 cm³/mol. The summed E-state index contributed by atoms with van der Waals surface area (Å²) in [7, 11) is -2.26. The number of hydrogen-bond donors (Lipinski definition) is 1. The number of carbonyl (C=O) groups excluding carboxylic acids is 2. The second-order valence-electron chi connectivity index (χ2n) is 8.31. The molecule has 3 rings (SSSR count). The van der Waals surface area contributed by atoms with Crippen molar-refractivity contribution in [1.29, 1.82) is 0 Å². The molecule has 0 radical (unpaired) electrons. The lowest BCUT2D eigenvalue weighted by molar-refractivity contribution is -0.140. The van der Waals surface area contributed by atoms with Crippen LogP contribution in [0.3, 0.4) is 0 Å². The number of carbonyl (C=O) groups is 2. The van der Waals surface area contributed by atoms with Gasteiger partial charge in [0.05, 0.1) is 11.9 Å². The molecule has 1 N–H and O–H groups in total. The monoisotopic (exact) mass is 481 g/mol. The molecule has 3 aromatic rings. The number of hydrogen-bond acceptors (Lipinski definition) is 4. The quantitative estimate of drug-likeness (QED) is 0.507. The van der Waals surface area contributed by atoms with Crippen molar-refractivity contribution < 1.29 is 18.0 Å². The minimum absolute atomic E-state index is 0.193. The minimum atomic E-state index is -3.79. The number of benzene rings is 3. The average Bonchev–Trinajstić information content (AvgIpc) is 2.82. The minimum Gasteiger partial charge on any atom is -0.357 e. The summed E-state index contributed by atoms with van der Waals surface area (Å²) >= 11 is 0. The van der Waals surface area contributed by atoms with Gasteiger partial charge in [-0.2, -0.15) is 0 Å². The molecule has 0 aliphatic rings. The van der Waals surface area contributed by atoms with E-state index in [0.717, 1.165) is 32.5 Å². The number of amides is 2. The van der Waals surface area contributed by atoms with Crippen LogP contribution in [0.4, 0.5) is 5.69 Å². The zero-order chi connectivity index (χ0) is 24.9. The number of rotatable bonds is 9. The standard InChI is InChI=1S/C26H31N3O4S/c1-5-23(26(31)27-3)28(17-20-15-13-19(2)14-16-20)25(30)18-29(34(4,32)33)24-12-8-10-21-9-6-7-11-22(21)24/h6-16,23H,5,17-18H2,1-4H3,(H,27,31)/t23-/m0/s1. The van der Waals surface area contributed by atoms with E-state index in [-0.39, 0.29) is 12.5 Å². The van der Waals surface area contributed by atoms with E-state index in [1.807, 2.05) is 68.4 Å². The van der Waals surface area contributed by atoms with Gasteiger partial charge in [-0.25, -0.2) is 8.42 Å². The van der Waals surface area contributed by atoms with Crippen molar-refractivity contribution in [1.82, 2.24) is 10.2 Å². The van der Waals surface area contributed by atoms with Gasteiger partial charge in [0.1, 0.15) is 12.6 Å². The Hall–Kier alpha value is -3.39. The topological polar surface area (TPSA) is 86.8 Å². The molecule has 0 heterocycles. The number of nitrogens with zero attached hydrogens (tertiary/aromatic N) is 2. The first kappa shape index (κ1) is 25.2. The highest BCUT2D eigenvalue weighted by Crippen LogP contribution is 2.28. The second-order valence-corrected chi connectivity index (χ2v) is 10.2. The van der Waals surface area contributed by atoms with Crippen LogP contribution in [0.15, 0.2) is 66.7 Å². The van der Waals surface area contributed by atoms with Gasteiger partial charge in [0.2, 0.25) is 21.8 Å². The molecule has 0 aromatic heterocycles. The summed E-state index contributed by atoms with van der Waals surface area (Å²) in [6.45, 7) is 3.58. The molecule has 0 spiro atoms. The summed E-state index contributed by atoms with van der Waals surface area (Å²) in [4.78, 5) is 27.7. The Bertz CT molecular complexity index is 1270. The molecule has 0 saturated heterocycles. The van der Waals surface area contributed by atoms with Gasteiger partial charge in [0, 0.05) is 19.0 Å². The number of fused-ring (bicyclic) bond motifs is 1. The van der Waals surface area contributed by atoms with E-state index >= 15 is 0 Å². The van der Waals surface area contributed by atoms with E-state index in [4.69, 9.17) is 0 Å². The molecule has 8 heteroatoms. The van der Waals surface area contributed by atoms with Crippen molar-refractivity contribution in [3.05, 3.63) is 77.9 Å². The maximum Gasteiger partial charge on any atom is 0.244 e. The molecule has 0 aliphatic heterocycles. The molecule has 180 valence electrons. The normalized spacial score (nSPS) is 12.2. The second kappa shape index (κ2) is 10.7. The molecule has 1 atom stereocenters. The summed E-state index contributed by atoms with van der Waals surface area (Å²) in [5.41, 5.74) is 2.37. The van der Waals surface area contributed by atoms with Gasteiger partial charge < -0.3 is 10.2 Å². The van der Waals surface area contributed by atoms with Crippen molar-refractivity contribution in [2.75, 3.05) is 24.2 Å². The number of likely N-dealkylation sites (N-methyl/N-ethyl adjacent to an activating group) is 1. The Balaban J connectivity index is 2.02. The summed E-state index contributed by atoms with van der Waals surface area (Å²) in [5.74, 6) is -0.742. The maximum atomic E-state index is 13.6. The van der Waals surface area contributed by atoms with E-state index in [2.05, 4.69) is 5.32 Å². The first-order valence-electron chi connectivity index (χ1n) is 11.2. The van der Waals surface area contributed by atoms with Crippen molar-refractivity contribution in [3.63, 3.8) is 0 Å². The molecule has 3 aromatic carbocycles. The van der Waals surface area contributed by atoms with Crippen LogP contribution >= 0.6 is 0 Å². The molecular weight excluding hydrogens is 450 g/mol. The van der Waals surface area contributed by atoms with Crippen LogP contribution in [-0.4, -0.2) is 51.0 Å². The molecule has 0 unspecified atom stereocenters.